The SMILES string of the molecule is CC1CN(c2ccc(C#N)cc2N)CCO1. The monoisotopic (exact) mass is 217 g/mol. The topological polar surface area (TPSA) is 62.3 Å². The largest absolute Gasteiger partial charge is 0.397 e. The predicted molar refractivity (Wildman–Crippen MR) is 63.2 cm³/mol. The van der Waals surface area contributed by atoms with Gasteiger partial charge in [-0.05, 0) is 25.1 Å². The molecule has 0 spiro atoms. The normalized spacial score (nSPS) is 20.5. The van der Waals surface area contributed by atoms with Gasteiger partial charge in [-0.2, -0.15) is 5.26 Å². The van der Waals surface area contributed by atoms with E-state index in [9.17, 15) is 0 Å². The Morgan fingerprint density at radius 3 is 3.00 bits per heavy atom. The molecule has 1 atom stereocenters. The number of morpholine rings is 1. The first-order valence-corrected chi connectivity index (χ1v) is 5.37. The summed E-state index contributed by atoms with van der Waals surface area (Å²) in [6, 6.07) is 7.51. The minimum atomic E-state index is 0.226. The Balaban J connectivity index is 2.23. The summed E-state index contributed by atoms with van der Waals surface area (Å²) in [4.78, 5) is 2.20. The Morgan fingerprint density at radius 1 is 1.56 bits per heavy atom. The van der Waals surface area contributed by atoms with Gasteiger partial charge in [0.15, 0.2) is 0 Å². The van der Waals surface area contributed by atoms with Crippen molar-refractivity contribution in [2.75, 3.05) is 30.3 Å². The molecule has 4 nitrogen and oxygen atoms in total. The zero-order valence-corrected chi connectivity index (χ0v) is 9.31. The van der Waals surface area contributed by atoms with Crippen LogP contribution in [0.4, 0.5) is 11.4 Å². The lowest BCUT2D eigenvalue weighted by molar-refractivity contribution is 0.0533. The molecular formula is C12H15N3O. The summed E-state index contributed by atoms with van der Waals surface area (Å²) in [5.41, 5.74) is 8.19. The molecule has 1 aliphatic rings. The molecule has 1 aromatic rings. The van der Waals surface area contributed by atoms with Crippen molar-refractivity contribution in [3.8, 4) is 6.07 Å². The molecule has 0 bridgehead atoms. The third-order valence-corrected chi connectivity index (χ3v) is 2.74. The quantitative estimate of drug-likeness (QED) is 0.721. The molecule has 0 saturated carbocycles. The third-order valence-electron chi connectivity index (χ3n) is 2.74. The Labute approximate surface area is 95.2 Å². The minimum absolute atomic E-state index is 0.226. The Morgan fingerprint density at radius 2 is 2.38 bits per heavy atom. The van der Waals surface area contributed by atoms with E-state index in [1.54, 1.807) is 12.1 Å². The molecule has 0 radical (unpaired) electrons. The van der Waals surface area contributed by atoms with E-state index in [0.717, 1.165) is 25.4 Å². The molecule has 2 N–H and O–H groups in total. The highest BCUT2D eigenvalue weighted by Gasteiger charge is 2.18. The number of hydrogen-bond donors (Lipinski definition) is 1. The fourth-order valence-corrected chi connectivity index (χ4v) is 1.95. The highest BCUT2D eigenvalue weighted by atomic mass is 16.5. The summed E-state index contributed by atoms with van der Waals surface area (Å²) in [5, 5.41) is 8.77. The van der Waals surface area contributed by atoms with Crippen molar-refractivity contribution in [3.63, 3.8) is 0 Å². The molecule has 84 valence electrons. The maximum absolute atomic E-state index is 8.77. The second kappa shape index (κ2) is 4.42. The highest BCUT2D eigenvalue weighted by molar-refractivity contribution is 5.69. The van der Waals surface area contributed by atoms with E-state index < -0.39 is 0 Å². The number of nitrogen functional groups attached to an aromatic ring is 1. The van der Waals surface area contributed by atoms with E-state index in [0.29, 0.717) is 11.3 Å². The molecule has 1 fully saturated rings. The molecule has 1 aromatic carbocycles. The lowest BCUT2D eigenvalue weighted by Gasteiger charge is -2.33. The zero-order chi connectivity index (χ0) is 11.5. The van der Waals surface area contributed by atoms with Crippen molar-refractivity contribution in [3.05, 3.63) is 23.8 Å². The summed E-state index contributed by atoms with van der Waals surface area (Å²) in [7, 11) is 0. The molecule has 0 amide bonds. The van der Waals surface area contributed by atoms with Crippen molar-refractivity contribution in [1.29, 1.82) is 5.26 Å². The Kier molecular flexibility index (Phi) is 2.97. The molecule has 0 aromatic heterocycles. The van der Waals surface area contributed by atoms with Crippen LogP contribution in [0, 0.1) is 11.3 Å². The fourth-order valence-electron chi connectivity index (χ4n) is 1.95. The highest BCUT2D eigenvalue weighted by Crippen LogP contribution is 2.25. The molecule has 4 heteroatoms. The number of nitrogens with two attached hydrogens (primary N) is 1. The smallest absolute Gasteiger partial charge is 0.0992 e. The van der Waals surface area contributed by atoms with Crippen LogP contribution in [0.2, 0.25) is 0 Å². The summed E-state index contributed by atoms with van der Waals surface area (Å²) >= 11 is 0. The Hall–Kier alpha value is -1.73. The van der Waals surface area contributed by atoms with Crippen molar-refractivity contribution < 1.29 is 4.74 Å². The van der Waals surface area contributed by atoms with Gasteiger partial charge in [0.2, 0.25) is 0 Å². The minimum Gasteiger partial charge on any atom is -0.397 e. The number of ether oxygens (including phenoxy) is 1. The average Bonchev–Trinajstić information content (AvgIpc) is 2.28. The van der Waals surface area contributed by atoms with Crippen LogP contribution in [-0.2, 0) is 4.74 Å². The number of hydrogen-bond acceptors (Lipinski definition) is 4. The van der Waals surface area contributed by atoms with E-state index in [4.69, 9.17) is 15.7 Å². The van der Waals surface area contributed by atoms with Crippen molar-refractivity contribution in [2.45, 2.75) is 13.0 Å². The average molecular weight is 217 g/mol. The van der Waals surface area contributed by atoms with E-state index in [-0.39, 0.29) is 6.10 Å². The molecular weight excluding hydrogens is 202 g/mol. The van der Waals surface area contributed by atoms with Crippen LogP contribution in [-0.4, -0.2) is 25.8 Å². The summed E-state index contributed by atoms with van der Waals surface area (Å²) in [5.74, 6) is 0. The van der Waals surface area contributed by atoms with Crippen LogP contribution in [0.5, 0.6) is 0 Å². The first-order valence-electron chi connectivity index (χ1n) is 5.37. The van der Waals surface area contributed by atoms with E-state index in [2.05, 4.69) is 11.0 Å². The summed E-state index contributed by atoms with van der Waals surface area (Å²) in [6.45, 7) is 4.46. The van der Waals surface area contributed by atoms with Crippen LogP contribution in [0.1, 0.15) is 12.5 Å². The first kappa shape index (κ1) is 10.8. The molecule has 1 aliphatic heterocycles. The number of rotatable bonds is 1. The van der Waals surface area contributed by atoms with Gasteiger partial charge in [-0.15, -0.1) is 0 Å². The fraction of sp³-hybridized carbons (Fsp3) is 0.417. The maximum atomic E-state index is 8.77. The molecule has 16 heavy (non-hydrogen) atoms. The molecule has 0 aliphatic carbocycles. The molecule has 2 rings (SSSR count). The van der Waals surface area contributed by atoms with Gasteiger partial charge in [0.05, 0.1) is 35.7 Å². The number of benzene rings is 1. The summed E-state index contributed by atoms with van der Waals surface area (Å²) < 4.78 is 5.48. The van der Waals surface area contributed by atoms with Crippen LogP contribution in [0.3, 0.4) is 0 Å². The summed E-state index contributed by atoms with van der Waals surface area (Å²) in [6.07, 6.45) is 0.226. The molecule has 1 heterocycles. The number of nitriles is 1. The van der Waals surface area contributed by atoms with Gasteiger partial charge in [0.25, 0.3) is 0 Å². The van der Waals surface area contributed by atoms with Crippen LogP contribution >= 0.6 is 0 Å². The van der Waals surface area contributed by atoms with Crippen LogP contribution in [0.15, 0.2) is 18.2 Å². The van der Waals surface area contributed by atoms with Gasteiger partial charge in [-0.25, -0.2) is 0 Å². The van der Waals surface area contributed by atoms with Gasteiger partial charge in [0, 0.05) is 13.1 Å². The second-order valence-electron chi connectivity index (χ2n) is 4.01. The van der Waals surface area contributed by atoms with Gasteiger partial charge >= 0.3 is 0 Å². The van der Waals surface area contributed by atoms with Crippen molar-refractivity contribution in [2.24, 2.45) is 0 Å². The van der Waals surface area contributed by atoms with Crippen molar-refractivity contribution in [1.82, 2.24) is 0 Å². The van der Waals surface area contributed by atoms with Gasteiger partial charge in [0.1, 0.15) is 0 Å². The van der Waals surface area contributed by atoms with E-state index in [1.807, 2.05) is 13.0 Å². The van der Waals surface area contributed by atoms with Crippen LogP contribution < -0.4 is 10.6 Å². The molecule has 1 unspecified atom stereocenters. The first-order chi connectivity index (χ1) is 7.70. The standard InChI is InChI=1S/C12H15N3O/c1-9-8-15(4-5-16-9)12-3-2-10(7-13)6-11(12)14/h2-3,6,9H,4-5,8,14H2,1H3. The van der Waals surface area contributed by atoms with Gasteiger partial charge < -0.3 is 15.4 Å². The number of anilines is 2. The van der Waals surface area contributed by atoms with Gasteiger partial charge in [-0.1, -0.05) is 0 Å². The maximum Gasteiger partial charge on any atom is 0.0992 e. The zero-order valence-electron chi connectivity index (χ0n) is 9.31. The number of nitrogens with zero attached hydrogens (tertiary/aromatic N) is 2. The van der Waals surface area contributed by atoms with E-state index in [1.165, 1.54) is 0 Å². The third kappa shape index (κ3) is 2.10. The lowest BCUT2D eigenvalue weighted by Crippen LogP contribution is -2.41. The van der Waals surface area contributed by atoms with Crippen LogP contribution in [0.25, 0.3) is 0 Å². The lowest BCUT2D eigenvalue weighted by atomic mass is 10.1. The Bertz CT molecular complexity index is 425. The molecule has 1 saturated heterocycles. The van der Waals surface area contributed by atoms with Crippen molar-refractivity contribution >= 4 is 11.4 Å². The van der Waals surface area contributed by atoms with Gasteiger partial charge in [-0.3, -0.25) is 0 Å². The second-order valence-corrected chi connectivity index (χ2v) is 4.01. The predicted octanol–water partition coefficient (Wildman–Crippen LogP) is 1.37. The van der Waals surface area contributed by atoms with E-state index >= 15 is 0 Å².